The molecule has 1 amide bonds. The van der Waals surface area contributed by atoms with Crippen molar-refractivity contribution in [2.45, 2.75) is 20.4 Å². The fourth-order valence-corrected chi connectivity index (χ4v) is 1.68. The molecule has 0 aliphatic rings. The fourth-order valence-electron chi connectivity index (χ4n) is 1.68. The number of anilines is 1. The van der Waals surface area contributed by atoms with E-state index in [4.69, 9.17) is 4.74 Å². The normalized spacial score (nSPS) is 10.3. The second kappa shape index (κ2) is 5.47. The van der Waals surface area contributed by atoms with E-state index in [1.807, 2.05) is 0 Å². The SMILES string of the molecule is COc1nc(C)c(NC(=O)Cn2cccn2)c(C)n1. The molecule has 0 saturated heterocycles. The van der Waals surface area contributed by atoms with Crippen LogP contribution in [-0.4, -0.2) is 32.8 Å². The lowest BCUT2D eigenvalue weighted by Gasteiger charge is -2.11. The summed E-state index contributed by atoms with van der Waals surface area (Å²) in [5.74, 6) is -0.177. The predicted octanol–water partition coefficient (Wildman–Crippen LogP) is 0.937. The summed E-state index contributed by atoms with van der Waals surface area (Å²) in [6, 6.07) is 2.06. The van der Waals surface area contributed by atoms with Crippen molar-refractivity contribution in [3.8, 4) is 6.01 Å². The smallest absolute Gasteiger partial charge is 0.316 e. The third-order valence-electron chi connectivity index (χ3n) is 2.56. The molecular formula is C12H15N5O2. The number of rotatable bonds is 4. The van der Waals surface area contributed by atoms with E-state index in [1.165, 1.54) is 7.11 Å². The van der Waals surface area contributed by atoms with Crippen molar-refractivity contribution >= 4 is 11.6 Å². The van der Waals surface area contributed by atoms with Crippen LogP contribution < -0.4 is 10.1 Å². The molecule has 2 heterocycles. The summed E-state index contributed by atoms with van der Waals surface area (Å²) in [6.45, 7) is 3.74. The lowest BCUT2D eigenvalue weighted by Crippen LogP contribution is -2.20. The number of amides is 1. The molecule has 7 heteroatoms. The molecule has 2 rings (SSSR count). The number of ether oxygens (including phenoxy) is 1. The summed E-state index contributed by atoms with van der Waals surface area (Å²) in [5.41, 5.74) is 1.94. The topological polar surface area (TPSA) is 81.9 Å². The first-order valence-electron chi connectivity index (χ1n) is 5.76. The van der Waals surface area contributed by atoms with Gasteiger partial charge in [-0.15, -0.1) is 0 Å². The van der Waals surface area contributed by atoms with Crippen LogP contribution in [0, 0.1) is 13.8 Å². The van der Waals surface area contributed by atoms with Gasteiger partial charge in [0, 0.05) is 12.4 Å². The van der Waals surface area contributed by atoms with Gasteiger partial charge >= 0.3 is 6.01 Å². The predicted molar refractivity (Wildman–Crippen MR) is 68.9 cm³/mol. The Bertz CT molecular complexity index is 557. The molecule has 7 nitrogen and oxygen atoms in total. The highest BCUT2D eigenvalue weighted by Gasteiger charge is 2.12. The number of carbonyl (C=O) groups excluding carboxylic acids is 1. The Morgan fingerprint density at radius 1 is 1.37 bits per heavy atom. The maximum absolute atomic E-state index is 11.9. The molecule has 2 aromatic heterocycles. The van der Waals surface area contributed by atoms with E-state index in [1.54, 1.807) is 37.0 Å². The zero-order valence-corrected chi connectivity index (χ0v) is 11.0. The molecule has 0 unspecified atom stereocenters. The Balaban J connectivity index is 2.12. The van der Waals surface area contributed by atoms with Gasteiger partial charge in [-0.05, 0) is 19.9 Å². The van der Waals surface area contributed by atoms with Gasteiger partial charge in [0.15, 0.2) is 0 Å². The van der Waals surface area contributed by atoms with E-state index in [0.29, 0.717) is 23.1 Å². The second-order valence-electron chi connectivity index (χ2n) is 4.01. The van der Waals surface area contributed by atoms with Gasteiger partial charge in [0.05, 0.1) is 24.2 Å². The van der Waals surface area contributed by atoms with Gasteiger partial charge in [-0.3, -0.25) is 9.48 Å². The quantitative estimate of drug-likeness (QED) is 0.885. The Morgan fingerprint density at radius 3 is 2.58 bits per heavy atom. The molecule has 0 aromatic carbocycles. The Kier molecular flexibility index (Phi) is 3.74. The van der Waals surface area contributed by atoms with Crippen LogP contribution in [0.5, 0.6) is 6.01 Å². The third-order valence-corrected chi connectivity index (χ3v) is 2.56. The third kappa shape index (κ3) is 3.06. The van der Waals surface area contributed by atoms with Crippen LogP contribution in [0.3, 0.4) is 0 Å². The van der Waals surface area contributed by atoms with Gasteiger partial charge in [0.1, 0.15) is 6.54 Å². The van der Waals surface area contributed by atoms with Crippen LogP contribution in [0.2, 0.25) is 0 Å². The van der Waals surface area contributed by atoms with Crippen molar-refractivity contribution < 1.29 is 9.53 Å². The molecule has 0 atom stereocenters. The second-order valence-corrected chi connectivity index (χ2v) is 4.01. The van der Waals surface area contributed by atoms with E-state index < -0.39 is 0 Å². The lowest BCUT2D eigenvalue weighted by atomic mass is 10.3. The molecule has 0 bridgehead atoms. The molecule has 0 radical (unpaired) electrons. The molecule has 0 aliphatic heterocycles. The highest BCUT2D eigenvalue weighted by molar-refractivity contribution is 5.91. The maximum Gasteiger partial charge on any atom is 0.316 e. The van der Waals surface area contributed by atoms with Crippen molar-refractivity contribution in [1.82, 2.24) is 19.7 Å². The number of aryl methyl sites for hydroxylation is 2. The average Bonchev–Trinajstić information content (AvgIpc) is 2.86. The molecule has 19 heavy (non-hydrogen) atoms. The van der Waals surface area contributed by atoms with Gasteiger partial charge < -0.3 is 10.1 Å². The van der Waals surface area contributed by atoms with Crippen molar-refractivity contribution in [1.29, 1.82) is 0 Å². The highest BCUT2D eigenvalue weighted by Crippen LogP contribution is 2.19. The monoisotopic (exact) mass is 261 g/mol. The van der Waals surface area contributed by atoms with Crippen molar-refractivity contribution in [3.63, 3.8) is 0 Å². The zero-order chi connectivity index (χ0) is 13.8. The summed E-state index contributed by atoms with van der Waals surface area (Å²) in [4.78, 5) is 20.1. The van der Waals surface area contributed by atoms with E-state index >= 15 is 0 Å². The molecule has 2 aromatic rings. The summed E-state index contributed by atoms with van der Waals surface area (Å²) in [7, 11) is 1.50. The van der Waals surface area contributed by atoms with E-state index in [2.05, 4.69) is 20.4 Å². The Labute approximate surface area is 110 Å². The summed E-state index contributed by atoms with van der Waals surface area (Å²) >= 11 is 0. The maximum atomic E-state index is 11.9. The number of nitrogens with one attached hydrogen (secondary N) is 1. The van der Waals surface area contributed by atoms with Crippen LogP contribution in [0.15, 0.2) is 18.5 Å². The number of nitrogens with zero attached hydrogens (tertiary/aromatic N) is 4. The first kappa shape index (κ1) is 13.0. The van der Waals surface area contributed by atoms with Crippen LogP contribution in [-0.2, 0) is 11.3 Å². The minimum atomic E-state index is -0.177. The summed E-state index contributed by atoms with van der Waals surface area (Å²) < 4.78 is 6.52. The average molecular weight is 261 g/mol. The molecule has 0 spiro atoms. The van der Waals surface area contributed by atoms with Gasteiger partial charge in [-0.2, -0.15) is 15.1 Å². The molecule has 100 valence electrons. The minimum Gasteiger partial charge on any atom is -0.467 e. The summed E-state index contributed by atoms with van der Waals surface area (Å²) in [5, 5.41) is 6.76. The minimum absolute atomic E-state index is 0.151. The van der Waals surface area contributed by atoms with Crippen LogP contribution in [0.4, 0.5) is 5.69 Å². The molecular weight excluding hydrogens is 246 g/mol. The molecule has 0 fully saturated rings. The Morgan fingerprint density at radius 2 is 2.05 bits per heavy atom. The Hall–Kier alpha value is -2.44. The van der Waals surface area contributed by atoms with Crippen LogP contribution >= 0.6 is 0 Å². The number of aromatic nitrogens is 4. The number of hydrogen-bond acceptors (Lipinski definition) is 5. The van der Waals surface area contributed by atoms with E-state index in [-0.39, 0.29) is 12.5 Å². The highest BCUT2D eigenvalue weighted by atomic mass is 16.5. The first-order chi connectivity index (χ1) is 9.10. The fraction of sp³-hybridized carbons (Fsp3) is 0.333. The number of carbonyl (C=O) groups is 1. The largest absolute Gasteiger partial charge is 0.467 e. The zero-order valence-electron chi connectivity index (χ0n) is 11.0. The van der Waals surface area contributed by atoms with Gasteiger partial charge in [-0.1, -0.05) is 0 Å². The molecule has 1 N–H and O–H groups in total. The van der Waals surface area contributed by atoms with E-state index in [0.717, 1.165) is 0 Å². The molecule has 0 saturated carbocycles. The standard InChI is InChI=1S/C12H15N5O2/c1-8-11(9(2)15-12(14-8)19-3)16-10(18)7-17-6-4-5-13-17/h4-6H,7H2,1-3H3,(H,16,18). The van der Waals surface area contributed by atoms with E-state index in [9.17, 15) is 4.79 Å². The number of hydrogen-bond donors (Lipinski definition) is 1. The lowest BCUT2D eigenvalue weighted by molar-refractivity contribution is -0.116. The van der Waals surface area contributed by atoms with Crippen LogP contribution in [0.25, 0.3) is 0 Å². The van der Waals surface area contributed by atoms with Crippen molar-refractivity contribution in [2.75, 3.05) is 12.4 Å². The van der Waals surface area contributed by atoms with Gasteiger partial charge in [0.25, 0.3) is 0 Å². The summed E-state index contributed by atoms with van der Waals surface area (Å²) in [6.07, 6.45) is 3.35. The first-order valence-corrected chi connectivity index (χ1v) is 5.76. The van der Waals surface area contributed by atoms with Crippen molar-refractivity contribution in [2.24, 2.45) is 0 Å². The van der Waals surface area contributed by atoms with Gasteiger partial charge in [-0.25, -0.2) is 0 Å². The van der Waals surface area contributed by atoms with Crippen LogP contribution in [0.1, 0.15) is 11.4 Å². The number of methoxy groups -OCH3 is 1. The molecule has 0 aliphatic carbocycles. The van der Waals surface area contributed by atoms with Crippen molar-refractivity contribution in [3.05, 3.63) is 29.8 Å². The van der Waals surface area contributed by atoms with Gasteiger partial charge in [0.2, 0.25) is 5.91 Å².